The number of hydrogen-bond acceptors (Lipinski definition) is 6. The molecule has 168 valence electrons. The number of aromatic nitrogens is 5. The van der Waals surface area contributed by atoms with E-state index in [-0.39, 0.29) is 11.9 Å². The molecule has 0 aliphatic carbocycles. The Bertz CT molecular complexity index is 1330. The summed E-state index contributed by atoms with van der Waals surface area (Å²) >= 11 is 0. The minimum absolute atomic E-state index is 0.0284. The Morgan fingerprint density at radius 1 is 1.06 bits per heavy atom. The molecule has 0 saturated carbocycles. The fourth-order valence-corrected chi connectivity index (χ4v) is 5.21. The first kappa shape index (κ1) is 20.1. The Hall–Kier alpha value is -3.55. The minimum Gasteiger partial charge on any atom is -0.335 e. The van der Waals surface area contributed by atoms with Crippen molar-refractivity contribution in [2.24, 2.45) is 0 Å². The second-order valence-corrected chi connectivity index (χ2v) is 8.96. The number of carbonyl (C=O) groups is 1. The third-order valence-electron chi connectivity index (χ3n) is 6.87. The van der Waals surface area contributed by atoms with Gasteiger partial charge in [0, 0.05) is 25.1 Å². The molecule has 0 radical (unpaired) electrons. The van der Waals surface area contributed by atoms with Gasteiger partial charge in [-0.3, -0.25) is 4.79 Å². The highest BCUT2D eigenvalue weighted by Crippen LogP contribution is 2.36. The summed E-state index contributed by atoms with van der Waals surface area (Å²) in [5.74, 6) is 1.95. The van der Waals surface area contributed by atoms with E-state index in [2.05, 4.69) is 24.9 Å². The maximum absolute atomic E-state index is 14.0. The Morgan fingerprint density at radius 2 is 1.94 bits per heavy atom. The zero-order valence-corrected chi connectivity index (χ0v) is 18.7. The lowest BCUT2D eigenvalue weighted by Crippen LogP contribution is -2.32. The van der Waals surface area contributed by atoms with E-state index in [4.69, 9.17) is 4.52 Å². The summed E-state index contributed by atoms with van der Waals surface area (Å²) in [4.78, 5) is 20.6. The number of nitrogens with zero attached hydrogens (tertiary/aromatic N) is 6. The summed E-state index contributed by atoms with van der Waals surface area (Å²) in [6.45, 7) is 3.48. The fourth-order valence-electron chi connectivity index (χ4n) is 5.21. The SMILES string of the molecule is Cc1noc2nc(-c3ccccc3)cc(C(=O)N3CCC[C@H]3c3nnc4n3CCCCC4)c12. The largest absolute Gasteiger partial charge is 0.335 e. The molecule has 1 atom stereocenters. The predicted molar refractivity (Wildman–Crippen MR) is 123 cm³/mol. The number of carbonyl (C=O) groups excluding carboxylic acids is 1. The average molecular weight is 443 g/mol. The lowest BCUT2D eigenvalue weighted by molar-refractivity contribution is 0.0729. The summed E-state index contributed by atoms with van der Waals surface area (Å²) in [6.07, 6.45) is 6.28. The van der Waals surface area contributed by atoms with Crippen molar-refractivity contribution < 1.29 is 9.32 Å². The molecule has 5 heterocycles. The molecule has 33 heavy (non-hydrogen) atoms. The summed E-state index contributed by atoms with van der Waals surface area (Å²) in [6, 6.07) is 11.7. The standard InChI is InChI=1S/C25H26N6O2/c1-16-22-18(15-19(26-24(22)33-29-16)17-9-4-2-5-10-17)25(32)30-14-8-11-20(30)23-28-27-21-12-6-3-7-13-31(21)23/h2,4-5,9-10,15,20H,3,6-8,11-14H2,1H3/t20-/m0/s1. The van der Waals surface area contributed by atoms with Gasteiger partial charge in [-0.15, -0.1) is 10.2 Å². The van der Waals surface area contributed by atoms with Crippen molar-refractivity contribution in [3.05, 3.63) is 59.3 Å². The lowest BCUT2D eigenvalue weighted by atomic mass is 10.0. The third-order valence-corrected chi connectivity index (χ3v) is 6.87. The predicted octanol–water partition coefficient (Wildman–Crippen LogP) is 4.49. The molecule has 1 fully saturated rings. The maximum Gasteiger partial charge on any atom is 0.259 e. The summed E-state index contributed by atoms with van der Waals surface area (Å²) < 4.78 is 7.75. The summed E-state index contributed by atoms with van der Waals surface area (Å²) in [5, 5.41) is 13.8. The van der Waals surface area contributed by atoms with Crippen LogP contribution in [0.5, 0.6) is 0 Å². The highest BCUT2D eigenvalue weighted by atomic mass is 16.5. The molecule has 8 heteroatoms. The Labute approximate surface area is 191 Å². The normalized spacial score (nSPS) is 18.5. The Morgan fingerprint density at radius 3 is 2.82 bits per heavy atom. The van der Waals surface area contributed by atoms with Crippen LogP contribution in [0, 0.1) is 6.92 Å². The van der Waals surface area contributed by atoms with Crippen LogP contribution < -0.4 is 0 Å². The first-order valence-electron chi connectivity index (χ1n) is 11.8. The van der Waals surface area contributed by atoms with Gasteiger partial charge in [0.1, 0.15) is 5.82 Å². The molecular weight excluding hydrogens is 416 g/mol. The molecule has 0 unspecified atom stereocenters. The highest BCUT2D eigenvalue weighted by Gasteiger charge is 2.36. The van der Waals surface area contributed by atoms with E-state index in [1.54, 1.807) is 0 Å². The molecule has 1 saturated heterocycles. The van der Waals surface area contributed by atoms with Gasteiger partial charge in [0.05, 0.1) is 28.4 Å². The smallest absolute Gasteiger partial charge is 0.259 e. The number of rotatable bonds is 3. The van der Waals surface area contributed by atoms with Crippen LogP contribution in [0.15, 0.2) is 40.9 Å². The van der Waals surface area contributed by atoms with Crippen LogP contribution in [-0.4, -0.2) is 42.3 Å². The van der Waals surface area contributed by atoms with Crippen molar-refractivity contribution in [1.29, 1.82) is 0 Å². The number of likely N-dealkylation sites (tertiary alicyclic amines) is 1. The van der Waals surface area contributed by atoms with E-state index >= 15 is 0 Å². The number of benzene rings is 1. The van der Waals surface area contributed by atoms with Crippen LogP contribution >= 0.6 is 0 Å². The summed E-state index contributed by atoms with van der Waals surface area (Å²) in [7, 11) is 0. The number of pyridine rings is 1. The zero-order chi connectivity index (χ0) is 22.4. The van der Waals surface area contributed by atoms with Gasteiger partial charge >= 0.3 is 0 Å². The third kappa shape index (κ3) is 3.41. The van der Waals surface area contributed by atoms with Crippen LogP contribution in [0.25, 0.3) is 22.4 Å². The van der Waals surface area contributed by atoms with Gasteiger partial charge < -0.3 is 14.0 Å². The maximum atomic E-state index is 14.0. The molecule has 2 aliphatic rings. The minimum atomic E-state index is -0.0691. The van der Waals surface area contributed by atoms with Crippen molar-refractivity contribution in [2.45, 2.75) is 58.0 Å². The van der Waals surface area contributed by atoms with Crippen molar-refractivity contribution in [2.75, 3.05) is 6.54 Å². The number of fused-ring (bicyclic) bond motifs is 2. The molecule has 2 aliphatic heterocycles. The number of hydrogen-bond donors (Lipinski definition) is 0. The molecule has 0 N–H and O–H groups in total. The Balaban J connectivity index is 1.42. The van der Waals surface area contributed by atoms with Gasteiger partial charge in [-0.25, -0.2) is 4.98 Å². The Kier molecular flexibility index (Phi) is 4.93. The fraction of sp³-hybridized carbons (Fsp3) is 0.400. The van der Waals surface area contributed by atoms with E-state index in [1.165, 1.54) is 6.42 Å². The molecule has 0 spiro atoms. The molecule has 1 aromatic carbocycles. The van der Waals surface area contributed by atoms with E-state index in [0.29, 0.717) is 34.6 Å². The number of aryl methyl sites for hydroxylation is 2. The zero-order valence-electron chi connectivity index (χ0n) is 18.7. The second kappa shape index (κ2) is 8.10. The van der Waals surface area contributed by atoms with E-state index < -0.39 is 0 Å². The highest BCUT2D eigenvalue weighted by molar-refractivity contribution is 6.07. The molecule has 6 rings (SSSR count). The van der Waals surface area contributed by atoms with E-state index in [1.807, 2.05) is 48.2 Å². The first-order chi connectivity index (χ1) is 16.2. The van der Waals surface area contributed by atoms with Crippen LogP contribution in [0.2, 0.25) is 0 Å². The van der Waals surface area contributed by atoms with Crippen LogP contribution in [0.3, 0.4) is 0 Å². The van der Waals surface area contributed by atoms with Crippen molar-refractivity contribution >= 4 is 17.0 Å². The van der Waals surface area contributed by atoms with E-state index in [9.17, 15) is 4.79 Å². The quantitative estimate of drug-likeness (QED) is 0.464. The average Bonchev–Trinajstić information content (AvgIpc) is 3.54. The second-order valence-electron chi connectivity index (χ2n) is 8.96. The molecule has 0 bridgehead atoms. The first-order valence-corrected chi connectivity index (χ1v) is 11.8. The van der Waals surface area contributed by atoms with Crippen molar-refractivity contribution in [3.63, 3.8) is 0 Å². The van der Waals surface area contributed by atoms with Gasteiger partial charge in [0.25, 0.3) is 11.6 Å². The molecular formula is C25H26N6O2. The molecule has 3 aromatic heterocycles. The van der Waals surface area contributed by atoms with Crippen LogP contribution in [0.4, 0.5) is 0 Å². The van der Waals surface area contributed by atoms with Gasteiger partial charge in [0.15, 0.2) is 5.82 Å². The van der Waals surface area contributed by atoms with Gasteiger partial charge in [0.2, 0.25) is 0 Å². The van der Waals surface area contributed by atoms with Crippen LogP contribution in [0.1, 0.15) is 65.8 Å². The summed E-state index contributed by atoms with van der Waals surface area (Å²) in [5.41, 5.74) is 3.29. The van der Waals surface area contributed by atoms with Gasteiger partial charge in [-0.05, 0) is 38.7 Å². The monoisotopic (exact) mass is 442 g/mol. The molecule has 1 amide bonds. The topological polar surface area (TPSA) is 89.9 Å². The van der Waals surface area contributed by atoms with Crippen molar-refractivity contribution in [3.8, 4) is 11.3 Å². The van der Waals surface area contributed by atoms with Crippen molar-refractivity contribution in [1.82, 2.24) is 29.8 Å². The van der Waals surface area contributed by atoms with Gasteiger partial charge in [-0.2, -0.15) is 0 Å². The molecule has 8 nitrogen and oxygen atoms in total. The lowest BCUT2D eigenvalue weighted by Gasteiger charge is -2.25. The molecule has 4 aromatic rings. The van der Waals surface area contributed by atoms with Crippen LogP contribution in [-0.2, 0) is 13.0 Å². The van der Waals surface area contributed by atoms with Gasteiger partial charge in [-0.1, -0.05) is 41.9 Å². The number of amides is 1. The van der Waals surface area contributed by atoms with E-state index in [0.717, 1.165) is 55.9 Å².